The number of rotatable bonds is 11. The van der Waals surface area contributed by atoms with Crippen LogP contribution in [0.4, 0.5) is 0 Å². The molecule has 4 saturated carbocycles. The molecule has 5 nitrogen and oxygen atoms in total. The van der Waals surface area contributed by atoms with Gasteiger partial charge in [-0.05, 0) is 122 Å². The van der Waals surface area contributed by atoms with Crippen molar-refractivity contribution >= 4 is 15.8 Å². The molecule has 0 aromatic heterocycles. The van der Waals surface area contributed by atoms with E-state index in [0.717, 1.165) is 68.1 Å². The lowest BCUT2D eigenvalue weighted by Gasteiger charge is -2.49. The SMILES string of the molecule is CCC(CC(CC(C)c1ccc(S(=O)(=O)ON=C2C3CC4CC(C3)CC2C4)cc1)c1ccc(O)cc1)c1ccccc1. The Balaban J connectivity index is 1.15. The number of phenolic OH excluding ortho intramolecular Hbond substituents is 1. The Morgan fingerprint density at radius 3 is 1.93 bits per heavy atom. The van der Waals surface area contributed by atoms with Crippen molar-refractivity contribution in [2.45, 2.75) is 87.9 Å². The molecule has 3 atom stereocenters. The first-order valence-corrected chi connectivity index (χ1v) is 17.1. The summed E-state index contributed by atoms with van der Waals surface area (Å²) < 4.78 is 31.5. The minimum atomic E-state index is -3.97. The van der Waals surface area contributed by atoms with Crippen LogP contribution in [0.15, 0.2) is 88.9 Å². The molecule has 0 amide bonds. The first kappa shape index (κ1) is 29.0. The lowest BCUT2D eigenvalue weighted by molar-refractivity contribution is 0.104. The number of aromatic hydroxyl groups is 1. The van der Waals surface area contributed by atoms with Crippen LogP contribution in [0.5, 0.6) is 5.75 Å². The quantitative estimate of drug-likeness (QED) is 0.228. The van der Waals surface area contributed by atoms with E-state index in [1.54, 1.807) is 24.3 Å². The average Bonchev–Trinajstić information content (AvgIpc) is 2.99. The van der Waals surface area contributed by atoms with Crippen molar-refractivity contribution < 1.29 is 17.8 Å². The number of hydrogen-bond donors (Lipinski definition) is 1. The lowest BCUT2D eigenvalue weighted by Crippen LogP contribution is -2.45. The summed E-state index contributed by atoms with van der Waals surface area (Å²) in [6.07, 6.45) is 8.84. The third kappa shape index (κ3) is 6.29. The Morgan fingerprint density at radius 2 is 1.33 bits per heavy atom. The van der Waals surface area contributed by atoms with Gasteiger partial charge in [0.1, 0.15) is 10.6 Å². The van der Waals surface area contributed by atoms with Gasteiger partial charge in [0.15, 0.2) is 0 Å². The second-order valence-electron chi connectivity index (χ2n) is 13.1. The van der Waals surface area contributed by atoms with Gasteiger partial charge in [0.2, 0.25) is 0 Å². The van der Waals surface area contributed by atoms with Gasteiger partial charge in [-0.15, -0.1) is 0 Å². The average molecular weight is 586 g/mol. The highest BCUT2D eigenvalue weighted by molar-refractivity contribution is 7.86. The molecule has 6 heteroatoms. The van der Waals surface area contributed by atoms with Crippen LogP contribution in [-0.4, -0.2) is 19.2 Å². The van der Waals surface area contributed by atoms with E-state index in [2.05, 4.69) is 49.3 Å². The maximum Gasteiger partial charge on any atom is 0.358 e. The highest BCUT2D eigenvalue weighted by Gasteiger charge is 2.46. The predicted octanol–water partition coefficient (Wildman–Crippen LogP) is 8.77. The van der Waals surface area contributed by atoms with Crippen molar-refractivity contribution in [3.8, 4) is 5.75 Å². The Labute approximate surface area is 251 Å². The van der Waals surface area contributed by atoms with Crippen molar-refractivity contribution in [3.05, 3.63) is 95.6 Å². The minimum absolute atomic E-state index is 0.150. The van der Waals surface area contributed by atoms with Gasteiger partial charge in [0.25, 0.3) is 0 Å². The highest BCUT2D eigenvalue weighted by Crippen LogP contribution is 2.52. The van der Waals surface area contributed by atoms with E-state index in [1.807, 2.05) is 24.3 Å². The van der Waals surface area contributed by atoms with Gasteiger partial charge in [0.05, 0.1) is 5.71 Å². The molecule has 0 saturated heterocycles. The monoisotopic (exact) mass is 585 g/mol. The minimum Gasteiger partial charge on any atom is -0.508 e. The molecule has 0 heterocycles. The fourth-order valence-electron chi connectivity index (χ4n) is 8.20. The normalized spacial score (nSPS) is 25.1. The fourth-order valence-corrected chi connectivity index (χ4v) is 8.94. The zero-order chi connectivity index (χ0) is 29.3. The summed E-state index contributed by atoms with van der Waals surface area (Å²) in [7, 11) is -3.97. The number of hydrogen-bond acceptors (Lipinski definition) is 5. The second-order valence-corrected chi connectivity index (χ2v) is 14.6. The van der Waals surface area contributed by atoms with E-state index >= 15 is 0 Å². The molecular weight excluding hydrogens is 542 g/mol. The van der Waals surface area contributed by atoms with Gasteiger partial charge in [-0.2, -0.15) is 8.42 Å². The maximum absolute atomic E-state index is 13.1. The smallest absolute Gasteiger partial charge is 0.358 e. The van der Waals surface area contributed by atoms with E-state index in [9.17, 15) is 13.5 Å². The standard InChI is InChI=1S/C36H43NO4S/c1-3-27(29-7-5-4-6-8-29)23-31(30-9-13-34(38)14-10-30)17-24(2)28-11-15-35(16-12-28)42(39,40)41-37-36-32-19-25-18-26(21-32)22-33(36)20-25/h4-16,24-27,31-33,38H,3,17-23H2,1-2H3. The molecule has 0 radical (unpaired) electrons. The molecule has 7 rings (SSSR count). The summed E-state index contributed by atoms with van der Waals surface area (Å²) >= 11 is 0. The van der Waals surface area contributed by atoms with Crippen molar-refractivity contribution in [1.82, 2.24) is 0 Å². The lowest BCUT2D eigenvalue weighted by atomic mass is 9.55. The fraction of sp³-hybridized carbons (Fsp3) is 0.472. The van der Waals surface area contributed by atoms with Crippen LogP contribution in [-0.2, 0) is 14.4 Å². The van der Waals surface area contributed by atoms with Crippen molar-refractivity contribution in [2.75, 3.05) is 0 Å². The highest BCUT2D eigenvalue weighted by atomic mass is 32.2. The number of nitrogens with zero attached hydrogens (tertiary/aromatic N) is 1. The van der Waals surface area contributed by atoms with Crippen LogP contribution in [0, 0.1) is 23.7 Å². The summed E-state index contributed by atoms with van der Waals surface area (Å²) in [5, 5.41) is 14.2. The largest absolute Gasteiger partial charge is 0.508 e. The van der Waals surface area contributed by atoms with Crippen molar-refractivity contribution in [2.24, 2.45) is 28.8 Å². The third-order valence-electron chi connectivity index (χ3n) is 10.3. The molecule has 3 aromatic carbocycles. The molecule has 1 N–H and O–H groups in total. The number of phenols is 1. The Bertz CT molecular complexity index is 1450. The number of oxime groups is 1. The van der Waals surface area contributed by atoms with Crippen LogP contribution in [0.1, 0.15) is 99.7 Å². The Kier molecular flexibility index (Phi) is 8.44. The molecule has 4 aliphatic rings. The van der Waals surface area contributed by atoms with Crippen LogP contribution in [0.25, 0.3) is 0 Å². The zero-order valence-electron chi connectivity index (χ0n) is 24.7. The molecule has 222 valence electrons. The molecule has 42 heavy (non-hydrogen) atoms. The van der Waals surface area contributed by atoms with E-state index in [0.29, 0.717) is 17.8 Å². The van der Waals surface area contributed by atoms with Gasteiger partial charge in [-0.3, -0.25) is 4.28 Å². The first-order valence-electron chi connectivity index (χ1n) is 15.7. The molecule has 3 unspecified atom stereocenters. The molecule has 4 aliphatic carbocycles. The summed E-state index contributed by atoms with van der Waals surface area (Å²) in [5.74, 6) is 3.57. The molecule has 4 bridgehead atoms. The van der Waals surface area contributed by atoms with Crippen LogP contribution in [0.3, 0.4) is 0 Å². The van der Waals surface area contributed by atoms with Crippen molar-refractivity contribution in [1.29, 1.82) is 0 Å². The van der Waals surface area contributed by atoms with Gasteiger partial charge < -0.3 is 5.11 Å². The summed E-state index contributed by atoms with van der Waals surface area (Å²) in [4.78, 5) is 0.150. The summed E-state index contributed by atoms with van der Waals surface area (Å²) in [5.41, 5.74) is 4.64. The maximum atomic E-state index is 13.1. The Hall–Kier alpha value is -3.12. The predicted molar refractivity (Wildman–Crippen MR) is 167 cm³/mol. The van der Waals surface area contributed by atoms with E-state index in [1.165, 1.54) is 17.5 Å². The number of benzene rings is 3. The molecule has 4 fully saturated rings. The van der Waals surface area contributed by atoms with E-state index < -0.39 is 10.1 Å². The van der Waals surface area contributed by atoms with Crippen LogP contribution < -0.4 is 0 Å². The zero-order valence-corrected chi connectivity index (χ0v) is 25.5. The third-order valence-corrected chi connectivity index (χ3v) is 11.4. The molecule has 3 aromatic rings. The summed E-state index contributed by atoms with van der Waals surface area (Å²) in [6, 6.07) is 25.4. The van der Waals surface area contributed by atoms with Crippen molar-refractivity contribution in [3.63, 3.8) is 0 Å². The van der Waals surface area contributed by atoms with E-state index in [4.69, 9.17) is 4.28 Å². The summed E-state index contributed by atoms with van der Waals surface area (Å²) in [6.45, 7) is 4.44. The topological polar surface area (TPSA) is 76.0 Å². The van der Waals surface area contributed by atoms with Crippen LogP contribution in [0.2, 0.25) is 0 Å². The van der Waals surface area contributed by atoms with E-state index in [-0.39, 0.29) is 22.5 Å². The first-order chi connectivity index (χ1) is 20.3. The second kappa shape index (κ2) is 12.2. The molecular formula is C36H43NO4S. The van der Waals surface area contributed by atoms with Gasteiger partial charge in [0, 0.05) is 11.8 Å². The van der Waals surface area contributed by atoms with Gasteiger partial charge >= 0.3 is 10.1 Å². The van der Waals surface area contributed by atoms with Gasteiger partial charge in [-0.25, -0.2) is 0 Å². The molecule has 0 aliphatic heterocycles. The Morgan fingerprint density at radius 1 is 0.762 bits per heavy atom. The molecule has 0 spiro atoms. The van der Waals surface area contributed by atoms with Gasteiger partial charge in [-0.1, -0.05) is 73.6 Å². The van der Waals surface area contributed by atoms with Crippen LogP contribution >= 0.6 is 0 Å².